The molecule has 1 aliphatic heterocycles. The van der Waals surface area contributed by atoms with E-state index in [1.54, 1.807) is 6.92 Å². The molecule has 2 rings (SSSR count). The van der Waals surface area contributed by atoms with Crippen molar-refractivity contribution >= 4 is 11.6 Å². The topological polar surface area (TPSA) is 29.5 Å². The van der Waals surface area contributed by atoms with E-state index in [0.29, 0.717) is 0 Å². The van der Waals surface area contributed by atoms with Crippen molar-refractivity contribution in [1.29, 1.82) is 0 Å². The second-order valence-corrected chi connectivity index (χ2v) is 4.19. The molecule has 0 spiro atoms. The molecule has 1 aromatic rings. The first-order valence-corrected chi connectivity index (χ1v) is 5.74. The molecule has 3 heteroatoms. The van der Waals surface area contributed by atoms with Gasteiger partial charge in [-0.25, -0.2) is 0 Å². The third-order valence-electron chi connectivity index (χ3n) is 3.05. The van der Waals surface area contributed by atoms with Crippen molar-refractivity contribution in [1.82, 2.24) is 0 Å². The van der Waals surface area contributed by atoms with Gasteiger partial charge >= 0.3 is 0 Å². The van der Waals surface area contributed by atoms with Crippen LogP contribution in [0, 0.1) is 0 Å². The second-order valence-electron chi connectivity index (χ2n) is 4.19. The van der Waals surface area contributed by atoms with Gasteiger partial charge in [0, 0.05) is 6.04 Å². The van der Waals surface area contributed by atoms with Crippen molar-refractivity contribution in [3.63, 3.8) is 0 Å². The molecule has 86 valence electrons. The van der Waals surface area contributed by atoms with Crippen LogP contribution in [0.3, 0.4) is 0 Å². The summed E-state index contributed by atoms with van der Waals surface area (Å²) in [5.74, 6) is 0.850. The normalized spacial score (nSPS) is 21.3. The average molecular weight is 219 g/mol. The molecular formula is C13H17NO2. The number of rotatable bonds is 2. The quantitative estimate of drug-likeness (QED) is 0.765. The van der Waals surface area contributed by atoms with E-state index < -0.39 is 0 Å². The fourth-order valence-corrected chi connectivity index (χ4v) is 1.95. The Morgan fingerprint density at radius 3 is 2.81 bits per heavy atom. The van der Waals surface area contributed by atoms with Crippen LogP contribution in [0.5, 0.6) is 5.75 Å². The first-order valence-electron chi connectivity index (χ1n) is 5.74. The molecule has 2 atom stereocenters. The van der Waals surface area contributed by atoms with Gasteiger partial charge < -0.3 is 9.64 Å². The van der Waals surface area contributed by atoms with Crippen LogP contribution in [-0.2, 0) is 4.79 Å². The fourth-order valence-electron chi connectivity index (χ4n) is 1.95. The Kier molecular flexibility index (Phi) is 2.86. The van der Waals surface area contributed by atoms with Gasteiger partial charge in [0.05, 0.1) is 5.69 Å². The molecule has 1 aromatic carbocycles. The van der Waals surface area contributed by atoms with E-state index in [2.05, 4.69) is 13.8 Å². The van der Waals surface area contributed by atoms with Crippen LogP contribution < -0.4 is 9.64 Å². The van der Waals surface area contributed by atoms with Gasteiger partial charge in [0.2, 0.25) is 0 Å². The van der Waals surface area contributed by atoms with E-state index in [4.69, 9.17) is 4.74 Å². The van der Waals surface area contributed by atoms with Crippen molar-refractivity contribution in [2.24, 2.45) is 0 Å². The minimum atomic E-state index is -0.385. The molecule has 0 aromatic heterocycles. The van der Waals surface area contributed by atoms with Crippen LogP contribution in [0.2, 0.25) is 0 Å². The molecule has 1 heterocycles. The second kappa shape index (κ2) is 4.16. The van der Waals surface area contributed by atoms with E-state index in [1.807, 2.05) is 29.2 Å². The van der Waals surface area contributed by atoms with Crippen LogP contribution in [-0.4, -0.2) is 18.1 Å². The number of carbonyl (C=O) groups is 1. The molecule has 0 bridgehead atoms. The number of fused-ring (bicyclic) bond motifs is 1. The van der Waals surface area contributed by atoms with E-state index in [9.17, 15) is 4.79 Å². The summed E-state index contributed by atoms with van der Waals surface area (Å²) in [5.41, 5.74) is 0.889. The highest BCUT2D eigenvalue weighted by atomic mass is 16.5. The van der Waals surface area contributed by atoms with Crippen molar-refractivity contribution in [2.75, 3.05) is 4.90 Å². The molecule has 1 amide bonds. The maximum atomic E-state index is 12.1. The Morgan fingerprint density at radius 2 is 2.12 bits per heavy atom. The third kappa shape index (κ3) is 1.66. The summed E-state index contributed by atoms with van der Waals surface area (Å²) in [6.45, 7) is 5.95. The third-order valence-corrected chi connectivity index (χ3v) is 3.05. The largest absolute Gasteiger partial charge is 0.479 e. The number of amides is 1. The molecule has 2 unspecified atom stereocenters. The highest BCUT2D eigenvalue weighted by Crippen LogP contribution is 2.35. The van der Waals surface area contributed by atoms with Gasteiger partial charge in [0.15, 0.2) is 6.10 Å². The minimum absolute atomic E-state index is 0.0491. The summed E-state index contributed by atoms with van der Waals surface area (Å²) in [7, 11) is 0. The molecule has 0 N–H and O–H groups in total. The van der Waals surface area contributed by atoms with Crippen molar-refractivity contribution in [3.05, 3.63) is 24.3 Å². The number of anilines is 1. The maximum absolute atomic E-state index is 12.1. The highest BCUT2D eigenvalue weighted by Gasteiger charge is 2.33. The number of ether oxygens (including phenoxy) is 1. The van der Waals surface area contributed by atoms with Gasteiger partial charge in [-0.15, -0.1) is 0 Å². The predicted molar refractivity (Wildman–Crippen MR) is 63.8 cm³/mol. The number of benzene rings is 1. The lowest BCUT2D eigenvalue weighted by atomic mass is 10.1. The molecule has 0 radical (unpaired) electrons. The lowest BCUT2D eigenvalue weighted by Gasteiger charge is -2.36. The predicted octanol–water partition coefficient (Wildman–Crippen LogP) is 2.60. The van der Waals surface area contributed by atoms with Gasteiger partial charge in [-0.3, -0.25) is 4.79 Å². The monoisotopic (exact) mass is 219 g/mol. The molecule has 16 heavy (non-hydrogen) atoms. The van der Waals surface area contributed by atoms with E-state index in [-0.39, 0.29) is 18.1 Å². The van der Waals surface area contributed by atoms with Gasteiger partial charge in [0.1, 0.15) is 5.75 Å². The molecule has 3 nitrogen and oxygen atoms in total. The highest BCUT2D eigenvalue weighted by molar-refractivity contribution is 6.00. The lowest BCUT2D eigenvalue weighted by molar-refractivity contribution is -0.126. The van der Waals surface area contributed by atoms with Crippen LogP contribution in [0.1, 0.15) is 27.2 Å². The Bertz CT molecular complexity index is 403. The van der Waals surface area contributed by atoms with Gasteiger partial charge in [-0.2, -0.15) is 0 Å². The lowest BCUT2D eigenvalue weighted by Crippen LogP contribution is -2.48. The zero-order valence-corrected chi connectivity index (χ0v) is 9.93. The van der Waals surface area contributed by atoms with Gasteiger partial charge in [-0.05, 0) is 32.4 Å². The summed E-state index contributed by atoms with van der Waals surface area (Å²) < 4.78 is 5.58. The molecule has 0 fully saturated rings. The number of hydrogen-bond acceptors (Lipinski definition) is 2. The minimum Gasteiger partial charge on any atom is -0.479 e. The van der Waals surface area contributed by atoms with Gasteiger partial charge in [-0.1, -0.05) is 19.1 Å². The summed E-state index contributed by atoms with van der Waals surface area (Å²) >= 11 is 0. The number of carbonyl (C=O) groups excluding carboxylic acids is 1. The molecule has 1 aliphatic rings. The first-order chi connectivity index (χ1) is 7.65. The maximum Gasteiger partial charge on any atom is 0.268 e. The smallest absolute Gasteiger partial charge is 0.268 e. The molecule has 0 saturated carbocycles. The van der Waals surface area contributed by atoms with Crippen LogP contribution in [0.4, 0.5) is 5.69 Å². The average Bonchev–Trinajstić information content (AvgIpc) is 2.30. The molecular weight excluding hydrogens is 202 g/mol. The van der Waals surface area contributed by atoms with E-state index in [0.717, 1.165) is 17.9 Å². The Balaban J connectivity index is 2.46. The van der Waals surface area contributed by atoms with Crippen molar-refractivity contribution < 1.29 is 9.53 Å². The molecule has 0 aliphatic carbocycles. The SMILES string of the molecule is CCC(C)N1C(=O)C(C)Oc2ccccc21. The van der Waals surface area contributed by atoms with E-state index >= 15 is 0 Å². The standard InChI is InChI=1S/C13H17NO2/c1-4-9(2)14-11-7-5-6-8-12(11)16-10(3)13(14)15/h5-10H,4H2,1-3H3. The summed E-state index contributed by atoms with van der Waals surface area (Å²) in [6, 6.07) is 7.91. The first kappa shape index (κ1) is 11.0. The Morgan fingerprint density at radius 1 is 1.44 bits per heavy atom. The fraction of sp³-hybridized carbons (Fsp3) is 0.462. The van der Waals surface area contributed by atoms with Gasteiger partial charge in [0.25, 0.3) is 5.91 Å². The summed E-state index contributed by atoms with van der Waals surface area (Å²) in [6.07, 6.45) is 0.552. The molecule has 0 saturated heterocycles. The van der Waals surface area contributed by atoms with Crippen LogP contribution in [0.15, 0.2) is 24.3 Å². The zero-order valence-electron chi connectivity index (χ0n) is 9.93. The number of hydrogen-bond donors (Lipinski definition) is 0. The number of nitrogens with zero attached hydrogens (tertiary/aromatic N) is 1. The van der Waals surface area contributed by atoms with Crippen LogP contribution >= 0.6 is 0 Å². The van der Waals surface area contributed by atoms with Crippen molar-refractivity contribution in [3.8, 4) is 5.75 Å². The van der Waals surface area contributed by atoms with Crippen LogP contribution in [0.25, 0.3) is 0 Å². The summed E-state index contributed by atoms with van der Waals surface area (Å²) in [4.78, 5) is 13.9. The number of para-hydroxylation sites is 2. The Labute approximate surface area is 96.0 Å². The summed E-state index contributed by atoms with van der Waals surface area (Å²) in [5, 5.41) is 0. The van der Waals surface area contributed by atoms with Crippen molar-refractivity contribution in [2.45, 2.75) is 39.3 Å². The Hall–Kier alpha value is -1.51. The van der Waals surface area contributed by atoms with E-state index in [1.165, 1.54) is 0 Å². The zero-order chi connectivity index (χ0) is 11.7.